The standard InChI is InChI=1S/C30H37Cl2N7O6S2.2C2HF3O2/c1-37(46(2,42)43)28-8-3-21(19-35-29(40)20-34-10-9-33)15-27(28)30(41)36-24-4-6-26(7-5-24)47(44,45)39-13-11-38(12-14-39)25-17-22(31)16-23(32)18-25;2*3-2(4,5)1(6)7/h3-8,15-18,34H,9-14,19-20,33H2,1-2H3,(H,35,40)(H,36,41);2*(H,6,7). The van der Waals surface area contributed by atoms with E-state index in [4.69, 9.17) is 48.7 Å². The number of carbonyl (C=O) groups is 4. The van der Waals surface area contributed by atoms with Gasteiger partial charge in [-0.25, -0.2) is 26.4 Å². The molecule has 1 heterocycles. The van der Waals surface area contributed by atoms with Crippen molar-refractivity contribution in [1.82, 2.24) is 14.9 Å². The highest BCUT2D eigenvalue weighted by Gasteiger charge is 2.39. The van der Waals surface area contributed by atoms with E-state index in [0.717, 1.165) is 16.2 Å². The Labute approximate surface area is 355 Å². The van der Waals surface area contributed by atoms with Gasteiger partial charge in [0.2, 0.25) is 26.0 Å². The number of hydrogen-bond acceptors (Lipinski definition) is 11. The van der Waals surface area contributed by atoms with Crippen molar-refractivity contribution in [2.24, 2.45) is 5.73 Å². The molecule has 1 saturated heterocycles. The van der Waals surface area contributed by atoms with Gasteiger partial charge in [0.25, 0.3) is 5.91 Å². The van der Waals surface area contributed by atoms with Gasteiger partial charge in [0.15, 0.2) is 0 Å². The number of rotatable bonds is 13. The summed E-state index contributed by atoms with van der Waals surface area (Å²) in [7, 11) is -6.20. The Morgan fingerprint density at radius 2 is 1.33 bits per heavy atom. The van der Waals surface area contributed by atoms with E-state index in [0.29, 0.717) is 47.5 Å². The third kappa shape index (κ3) is 16.8. The number of nitrogens with two attached hydrogens (primary N) is 1. The van der Waals surface area contributed by atoms with Gasteiger partial charge in [-0.3, -0.25) is 13.9 Å². The number of aliphatic carboxylic acids is 2. The molecule has 1 fully saturated rings. The van der Waals surface area contributed by atoms with Crippen molar-refractivity contribution < 1.29 is 72.6 Å². The summed E-state index contributed by atoms with van der Waals surface area (Å²) in [6.45, 7) is 2.43. The van der Waals surface area contributed by atoms with Crippen LogP contribution in [0.2, 0.25) is 10.0 Å². The summed E-state index contributed by atoms with van der Waals surface area (Å²) >= 11 is 12.3. The van der Waals surface area contributed by atoms with Gasteiger partial charge in [0.1, 0.15) is 0 Å². The van der Waals surface area contributed by atoms with Crippen LogP contribution in [-0.2, 0) is 41.0 Å². The molecule has 0 aromatic heterocycles. The van der Waals surface area contributed by atoms with Gasteiger partial charge < -0.3 is 36.8 Å². The van der Waals surface area contributed by atoms with Gasteiger partial charge in [-0.05, 0) is 60.2 Å². The van der Waals surface area contributed by atoms with E-state index in [-0.39, 0.29) is 48.2 Å². The number of hydrogen-bond donors (Lipinski definition) is 6. The van der Waals surface area contributed by atoms with Gasteiger partial charge in [0, 0.05) is 74.3 Å². The van der Waals surface area contributed by atoms with Gasteiger partial charge in [-0.1, -0.05) is 29.3 Å². The highest BCUT2D eigenvalue weighted by Crippen LogP contribution is 2.29. The lowest BCUT2D eigenvalue weighted by Gasteiger charge is -2.35. The fourth-order valence-electron chi connectivity index (χ4n) is 4.86. The van der Waals surface area contributed by atoms with E-state index in [1.165, 1.54) is 47.8 Å². The van der Waals surface area contributed by atoms with Crippen molar-refractivity contribution in [2.45, 2.75) is 23.8 Å². The molecular formula is C34H39Cl2F6N7O10S2. The van der Waals surface area contributed by atoms with Crippen molar-refractivity contribution in [3.63, 3.8) is 0 Å². The van der Waals surface area contributed by atoms with Crippen LogP contribution in [0, 0.1) is 0 Å². The summed E-state index contributed by atoms with van der Waals surface area (Å²) in [6.07, 6.45) is -9.15. The zero-order valence-electron chi connectivity index (χ0n) is 31.8. The summed E-state index contributed by atoms with van der Waals surface area (Å²) in [5, 5.41) is 23.6. The van der Waals surface area contributed by atoms with E-state index in [2.05, 4.69) is 16.0 Å². The second-order valence-electron chi connectivity index (χ2n) is 12.4. The lowest BCUT2D eigenvalue weighted by Crippen LogP contribution is -2.48. The van der Waals surface area contributed by atoms with E-state index < -0.39 is 50.2 Å². The minimum Gasteiger partial charge on any atom is -0.475 e. The van der Waals surface area contributed by atoms with E-state index >= 15 is 0 Å². The predicted molar refractivity (Wildman–Crippen MR) is 213 cm³/mol. The zero-order chi connectivity index (χ0) is 46.5. The highest BCUT2D eigenvalue weighted by molar-refractivity contribution is 7.92. The van der Waals surface area contributed by atoms with Crippen LogP contribution in [0.15, 0.2) is 65.6 Å². The maximum atomic E-state index is 13.5. The number of carboxylic acids is 2. The SMILES string of the molecule is CN(c1ccc(CNC(=O)CNCCN)cc1C(=O)Nc1ccc(S(=O)(=O)N2CCN(c3cc(Cl)cc(Cl)c3)CC2)cc1)S(C)(=O)=O.O=C(O)C(F)(F)F.O=C(O)C(F)(F)F. The van der Waals surface area contributed by atoms with Crippen molar-refractivity contribution in [3.8, 4) is 0 Å². The van der Waals surface area contributed by atoms with Crippen LogP contribution in [0.4, 0.5) is 43.4 Å². The molecule has 7 N–H and O–H groups in total. The summed E-state index contributed by atoms with van der Waals surface area (Å²) in [5.41, 5.74) is 7.27. The van der Waals surface area contributed by atoms with E-state index in [1.54, 1.807) is 24.3 Å². The largest absolute Gasteiger partial charge is 0.490 e. The molecule has 0 atom stereocenters. The Bertz CT molecular complexity index is 2200. The van der Waals surface area contributed by atoms with Crippen molar-refractivity contribution in [1.29, 1.82) is 0 Å². The summed E-state index contributed by atoms with van der Waals surface area (Å²) in [5.74, 6) is -6.41. The van der Waals surface area contributed by atoms with E-state index in [9.17, 15) is 52.8 Å². The molecule has 3 aromatic carbocycles. The Balaban J connectivity index is 0.000000784. The zero-order valence-corrected chi connectivity index (χ0v) is 35.0. The van der Waals surface area contributed by atoms with Gasteiger partial charge in [-0.2, -0.15) is 30.6 Å². The molecule has 0 radical (unpaired) electrons. The average molecular weight is 955 g/mol. The van der Waals surface area contributed by atoms with Crippen LogP contribution in [0.5, 0.6) is 0 Å². The number of sulfonamides is 2. The number of amides is 2. The number of carboxylic acid groups (broad SMARTS) is 2. The maximum Gasteiger partial charge on any atom is 0.490 e. The molecule has 61 heavy (non-hydrogen) atoms. The molecule has 0 bridgehead atoms. The first-order valence-electron chi connectivity index (χ1n) is 17.0. The number of nitrogens with zero attached hydrogens (tertiary/aromatic N) is 3. The highest BCUT2D eigenvalue weighted by atomic mass is 35.5. The van der Waals surface area contributed by atoms with Crippen LogP contribution in [0.25, 0.3) is 0 Å². The minimum absolute atomic E-state index is 0.0430. The fraction of sp³-hybridized carbons (Fsp3) is 0.353. The number of carbonyl (C=O) groups excluding carboxylic acids is 2. The van der Waals surface area contributed by atoms with Crippen LogP contribution >= 0.6 is 23.2 Å². The molecule has 0 aliphatic carbocycles. The Morgan fingerprint density at radius 1 is 0.820 bits per heavy atom. The number of nitrogens with one attached hydrogen (secondary N) is 3. The predicted octanol–water partition coefficient (Wildman–Crippen LogP) is 3.58. The van der Waals surface area contributed by atoms with Crippen LogP contribution in [0.1, 0.15) is 15.9 Å². The third-order valence-corrected chi connectivity index (χ3v) is 11.5. The van der Waals surface area contributed by atoms with Crippen molar-refractivity contribution >= 4 is 84.1 Å². The van der Waals surface area contributed by atoms with E-state index in [1.807, 2.05) is 4.90 Å². The summed E-state index contributed by atoms with van der Waals surface area (Å²) in [4.78, 5) is 45.4. The number of alkyl halides is 6. The summed E-state index contributed by atoms with van der Waals surface area (Å²) < 4.78 is 117. The molecule has 0 spiro atoms. The number of benzene rings is 3. The Kier molecular flexibility index (Phi) is 19.1. The minimum atomic E-state index is -5.08. The lowest BCUT2D eigenvalue weighted by molar-refractivity contribution is -0.193. The number of anilines is 3. The van der Waals surface area contributed by atoms with Gasteiger partial charge in [-0.15, -0.1) is 0 Å². The van der Waals surface area contributed by atoms with Crippen LogP contribution in [-0.4, -0.2) is 127 Å². The topological polar surface area (TPSA) is 249 Å². The van der Waals surface area contributed by atoms with Gasteiger partial charge in [0.05, 0.1) is 28.9 Å². The quantitative estimate of drug-likeness (QED) is 0.106. The maximum absolute atomic E-state index is 13.5. The molecular weight excluding hydrogens is 915 g/mol. The molecule has 2 amide bonds. The summed E-state index contributed by atoms with van der Waals surface area (Å²) in [6, 6.07) is 15.5. The Hall–Kier alpha value is -4.92. The third-order valence-electron chi connectivity index (χ3n) is 7.92. The molecule has 0 saturated carbocycles. The molecule has 4 rings (SSSR count). The van der Waals surface area contributed by atoms with Crippen molar-refractivity contribution in [2.75, 3.05) is 73.6 Å². The molecule has 3 aromatic rings. The van der Waals surface area contributed by atoms with Crippen LogP contribution in [0.3, 0.4) is 0 Å². The molecule has 17 nitrogen and oxygen atoms in total. The first kappa shape index (κ1) is 52.2. The first-order chi connectivity index (χ1) is 28.1. The number of piperazine rings is 1. The average Bonchev–Trinajstić information content (AvgIpc) is 3.16. The van der Waals surface area contributed by atoms with Gasteiger partial charge >= 0.3 is 24.3 Å². The smallest absolute Gasteiger partial charge is 0.475 e. The first-order valence-corrected chi connectivity index (χ1v) is 21.1. The second-order valence-corrected chi connectivity index (χ2v) is 17.3. The molecule has 1 aliphatic rings. The molecule has 0 unspecified atom stereocenters. The second kappa shape index (κ2) is 22.3. The lowest BCUT2D eigenvalue weighted by atomic mass is 10.1. The number of halogens is 8. The molecule has 27 heteroatoms. The Morgan fingerprint density at radius 3 is 1.79 bits per heavy atom. The normalized spacial score (nSPS) is 13.5. The fourth-order valence-corrected chi connectivity index (χ4v) is 7.31. The van der Waals surface area contributed by atoms with Crippen LogP contribution < -0.4 is 30.9 Å². The van der Waals surface area contributed by atoms with Crippen molar-refractivity contribution in [3.05, 3.63) is 81.8 Å². The molecule has 338 valence electrons. The monoisotopic (exact) mass is 953 g/mol. The molecule has 1 aliphatic heterocycles.